The lowest BCUT2D eigenvalue weighted by molar-refractivity contribution is 0.0809. The molecule has 4 rings (SSSR count). The summed E-state index contributed by atoms with van der Waals surface area (Å²) < 4.78 is 5.89. The minimum Gasteiger partial charge on any atom is -0.384 e. The lowest BCUT2D eigenvalue weighted by Gasteiger charge is -2.20. The molecule has 1 saturated carbocycles. The average molecular weight is 258 g/mol. The van der Waals surface area contributed by atoms with Crippen molar-refractivity contribution in [3.05, 3.63) is 29.3 Å². The molecule has 3 nitrogen and oxygen atoms in total. The highest BCUT2D eigenvalue weighted by Gasteiger charge is 2.40. The first-order valence-corrected chi connectivity index (χ1v) is 7.61. The Hall–Kier alpha value is -1.06. The van der Waals surface area contributed by atoms with Gasteiger partial charge in [-0.1, -0.05) is 18.2 Å². The van der Waals surface area contributed by atoms with Gasteiger partial charge in [-0.15, -0.1) is 0 Å². The number of ether oxygens (including phenoxy) is 1. The van der Waals surface area contributed by atoms with E-state index in [2.05, 4.69) is 28.8 Å². The number of anilines is 1. The van der Waals surface area contributed by atoms with Crippen LogP contribution in [0, 0.1) is 5.92 Å². The van der Waals surface area contributed by atoms with Crippen LogP contribution in [0.25, 0.3) is 0 Å². The van der Waals surface area contributed by atoms with E-state index in [1.165, 1.54) is 42.5 Å². The predicted molar refractivity (Wildman–Crippen MR) is 76.3 cm³/mol. The maximum absolute atomic E-state index is 5.89. The van der Waals surface area contributed by atoms with Crippen LogP contribution in [0.2, 0.25) is 0 Å². The van der Waals surface area contributed by atoms with Crippen molar-refractivity contribution < 1.29 is 4.74 Å². The average Bonchev–Trinajstić information content (AvgIpc) is 2.99. The van der Waals surface area contributed by atoms with Gasteiger partial charge in [0, 0.05) is 31.4 Å². The van der Waals surface area contributed by atoms with E-state index in [0.717, 1.165) is 25.6 Å². The van der Waals surface area contributed by atoms with Crippen molar-refractivity contribution in [3.8, 4) is 0 Å². The zero-order valence-corrected chi connectivity index (χ0v) is 11.3. The molecule has 0 radical (unpaired) electrons. The van der Waals surface area contributed by atoms with Gasteiger partial charge >= 0.3 is 0 Å². The topological polar surface area (TPSA) is 33.3 Å². The molecule has 2 N–H and O–H groups in total. The van der Waals surface area contributed by atoms with Crippen LogP contribution in [-0.2, 0) is 17.7 Å². The van der Waals surface area contributed by atoms with E-state index in [1.807, 2.05) is 0 Å². The van der Waals surface area contributed by atoms with Crippen LogP contribution in [0.4, 0.5) is 5.69 Å². The van der Waals surface area contributed by atoms with Crippen LogP contribution in [0.15, 0.2) is 18.2 Å². The quantitative estimate of drug-likeness (QED) is 0.869. The molecule has 2 aliphatic heterocycles. The first-order valence-electron chi connectivity index (χ1n) is 7.61. The summed E-state index contributed by atoms with van der Waals surface area (Å²) in [5, 5.41) is 7.25. The Morgan fingerprint density at radius 3 is 3.11 bits per heavy atom. The number of rotatable bonds is 4. The smallest absolute Gasteiger partial charge is 0.0757 e. The van der Waals surface area contributed by atoms with E-state index in [-0.39, 0.29) is 0 Å². The largest absolute Gasteiger partial charge is 0.384 e. The van der Waals surface area contributed by atoms with Crippen LogP contribution in [0.5, 0.6) is 0 Å². The van der Waals surface area contributed by atoms with Crippen LogP contribution in [0.1, 0.15) is 30.4 Å². The second kappa shape index (κ2) is 4.80. The van der Waals surface area contributed by atoms with Crippen LogP contribution < -0.4 is 10.6 Å². The third-order valence-electron chi connectivity index (χ3n) is 4.71. The van der Waals surface area contributed by atoms with Crippen molar-refractivity contribution in [2.24, 2.45) is 5.92 Å². The van der Waals surface area contributed by atoms with Crippen LogP contribution >= 0.6 is 0 Å². The van der Waals surface area contributed by atoms with E-state index in [0.29, 0.717) is 12.1 Å². The van der Waals surface area contributed by atoms with Gasteiger partial charge < -0.3 is 15.4 Å². The van der Waals surface area contributed by atoms with Gasteiger partial charge in [-0.2, -0.15) is 0 Å². The summed E-state index contributed by atoms with van der Waals surface area (Å²) in [6, 6.07) is 7.23. The van der Waals surface area contributed by atoms with Crippen molar-refractivity contribution in [2.45, 2.75) is 44.4 Å². The Morgan fingerprint density at radius 1 is 1.26 bits per heavy atom. The molecule has 2 unspecified atom stereocenters. The second-order valence-corrected chi connectivity index (χ2v) is 6.08. The molecule has 1 aromatic rings. The van der Waals surface area contributed by atoms with E-state index >= 15 is 0 Å². The molecular weight excluding hydrogens is 236 g/mol. The van der Waals surface area contributed by atoms with Gasteiger partial charge in [0.1, 0.15) is 0 Å². The molecule has 0 bridgehead atoms. The molecule has 1 aliphatic carbocycles. The molecule has 1 saturated heterocycles. The zero-order valence-electron chi connectivity index (χ0n) is 11.3. The van der Waals surface area contributed by atoms with Gasteiger partial charge in [0.05, 0.1) is 6.10 Å². The number of fused-ring (bicyclic) bond motifs is 1. The maximum Gasteiger partial charge on any atom is 0.0757 e. The fourth-order valence-corrected chi connectivity index (χ4v) is 3.52. The molecule has 2 fully saturated rings. The molecule has 0 amide bonds. The molecular formula is C16H22N2O. The number of hydrogen-bond acceptors (Lipinski definition) is 3. The molecule has 3 aliphatic rings. The Kier molecular flexibility index (Phi) is 2.97. The minimum atomic E-state index is 0.477. The fraction of sp³-hybridized carbons (Fsp3) is 0.625. The van der Waals surface area contributed by atoms with E-state index in [4.69, 9.17) is 4.74 Å². The Bertz CT molecular complexity index is 470. The number of benzene rings is 1. The summed E-state index contributed by atoms with van der Waals surface area (Å²) in [6.07, 6.45) is 5.55. The van der Waals surface area contributed by atoms with Crippen molar-refractivity contribution in [1.82, 2.24) is 5.32 Å². The van der Waals surface area contributed by atoms with Crippen LogP contribution in [-0.4, -0.2) is 25.3 Å². The lowest BCUT2D eigenvalue weighted by atomic mass is 10.0. The van der Waals surface area contributed by atoms with Crippen LogP contribution in [0.3, 0.4) is 0 Å². The van der Waals surface area contributed by atoms with Crippen molar-refractivity contribution in [2.75, 3.05) is 18.5 Å². The van der Waals surface area contributed by atoms with Gasteiger partial charge in [0.25, 0.3) is 0 Å². The maximum atomic E-state index is 5.89. The van der Waals surface area contributed by atoms with E-state index in [9.17, 15) is 0 Å². The Balaban J connectivity index is 1.43. The molecule has 3 heteroatoms. The normalized spacial score (nSPS) is 29.3. The van der Waals surface area contributed by atoms with Gasteiger partial charge in [-0.25, -0.2) is 0 Å². The third kappa shape index (κ3) is 2.26. The Morgan fingerprint density at radius 2 is 2.21 bits per heavy atom. The highest BCUT2D eigenvalue weighted by molar-refractivity contribution is 5.61. The van der Waals surface area contributed by atoms with Gasteiger partial charge in [0.15, 0.2) is 0 Å². The standard InChI is InChI=1S/C16H22N2O/c1-2-11-6-8-17-15(11)13(3-1)10-18-14-7-9-19-16(14)12-4-5-12/h1-3,12,14,16-18H,4-10H2. The fourth-order valence-electron chi connectivity index (χ4n) is 3.52. The molecule has 2 atom stereocenters. The highest BCUT2D eigenvalue weighted by Crippen LogP contribution is 2.39. The summed E-state index contributed by atoms with van der Waals surface area (Å²) in [5.74, 6) is 0.833. The number of hydrogen-bond donors (Lipinski definition) is 2. The number of para-hydroxylation sites is 1. The summed E-state index contributed by atoms with van der Waals surface area (Å²) in [5.41, 5.74) is 4.26. The van der Waals surface area contributed by atoms with Gasteiger partial charge in [0.2, 0.25) is 0 Å². The highest BCUT2D eigenvalue weighted by atomic mass is 16.5. The first-order chi connectivity index (χ1) is 9.42. The summed E-state index contributed by atoms with van der Waals surface area (Å²) in [7, 11) is 0. The van der Waals surface area contributed by atoms with Gasteiger partial charge in [-0.05, 0) is 42.7 Å². The summed E-state index contributed by atoms with van der Waals surface area (Å²) >= 11 is 0. The predicted octanol–water partition coefficient (Wildman–Crippen LogP) is 2.31. The molecule has 19 heavy (non-hydrogen) atoms. The minimum absolute atomic E-state index is 0.477. The SMILES string of the molecule is c1cc2c(c(CNC3CCOC3C3CC3)c1)NCC2. The van der Waals surface area contributed by atoms with Crippen molar-refractivity contribution in [1.29, 1.82) is 0 Å². The van der Waals surface area contributed by atoms with E-state index < -0.39 is 0 Å². The molecule has 0 aromatic heterocycles. The number of nitrogens with one attached hydrogen (secondary N) is 2. The monoisotopic (exact) mass is 258 g/mol. The molecule has 0 spiro atoms. The first kappa shape index (κ1) is 11.7. The summed E-state index contributed by atoms with van der Waals surface area (Å²) in [4.78, 5) is 0. The van der Waals surface area contributed by atoms with Crippen molar-refractivity contribution in [3.63, 3.8) is 0 Å². The zero-order chi connectivity index (χ0) is 12.7. The van der Waals surface area contributed by atoms with E-state index in [1.54, 1.807) is 0 Å². The van der Waals surface area contributed by atoms with Crippen molar-refractivity contribution >= 4 is 5.69 Å². The lowest BCUT2D eigenvalue weighted by Crippen LogP contribution is -2.37. The molecule has 1 aromatic carbocycles. The summed E-state index contributed by atoms with van der Waals surface area (Å²) in [6.45, 7) is 2.99. The Labute approximate surface area is 114 Å². The molecule has 2 heterocycles. The molecule has 102 valence electrons. The van der Waals surface area contributed by atoms with Gasteiger partial charge in [-0.3, -0.25) is 0 Å². The second-order valence-electron chi connectivity index (χ2n) is 6.08. The third-order valence-corrected chi connectivity index (χ3v) is 4.71.